The first-order valence-corrected chi connectivity index (χ1v) is 10.7. The van der Waals surface area contributed by atoms with Crippen molar-refractivity contribution >= 4 is 11.6 Å². The predicted molar refractivity (Wildman–Crippen MR) is 123 cm³/mol. The highest BCUT2D eigenvalue weighted by Gasteiger charge is 2.19. The molecule has 7 heteroatoms. The first-order chi connectivity index (χ1) is 15.0. The van der Waals surface area contributed by atoms with Gasteiger partial charge >= 0.3 is 0 Å². The van der Waals surface area contributed by atoms with E-state index in [1.807, 2.05) is 12.1 Å². The Morgan fingerprint density at radius 3 is 2.42 bits per heavy atom. The molecule has 2 N–H and O–H groups in total. The number of methoxy groups -OCH3 is 1. The monoisotopic (exact) mass is 418 g/mol. The Hall–Kier alpha value is -3.19. The zero-order chi connectivity index (χ0) is 21.8. The topological polar surface area (TPSA) is 80.4 Å². The van der Waals surface area contributed by atoms with E-state index in [9.17, 15) is 0 Å². The molecule has 0 unspecified atom stereocenters. The van der Waals surface area contributed by atoms with Crippen LogP contribution < -0.4 is 15.4 Å². The molecule has 0 amide bonds. The molecule has 0 spiro atoms. The van der Waals surface area contributed by atoms with E-state index in [0.29, 0.717) is 18.9 Å². The lowest BCUT2D eigenvalue weighted by atomic mass is 10.0. The number of rotatable bonds is 6. The quantitative estimate of drug-likeness (QED) is 0.659. The third-order valence-corrected chi connectivity index (χ3v) is 5.83. The molecule has 1 aromatic heterocycles. The molecular weight excluding hydrogens is 388 g/mol. The van der Waals surface area contributed by atoms with Crippen molar-refractivity contribution in [1.82, 2.24) is 19.9 Å². The largest absolute Gasteiger partial charge is 0.497 e. The maximum Gasteiger partial charge on any atom is 0.223 e. The van der Waals surface area contributed by atoms with Crippen LogP contribution in [-0.4, -0.2) is 53.1 Å². The van der Waals surface area contributed by atoms with Gasteiger partial charge in [0, 0.05) is 44.4 Å². The Kier molecular flexibility index (Phi) is 6.32. The van der Waals surface area contributed by atoms with Gasteiger partial charge in [-0.1, -0.05) is 24.3 Å². The predicted octanol–water partition coefficient (Wildman–Crippen LogP) is 2.99. The number of hydrogen-bond acceptors (Lipinski definition) is 7. The minimum atomic E-state index is 0.291. The van der Waals surface area contributed by atoms with Crippen LogP contribution >= 0.6 is 0 Å². The lowest BCUT2D eigenvalue weighted by molar-refractivity contribution is 0.243. The second-order valence-electron chi connectivity index (χ2n) is 8.09. The molecule has 3 aromatic rings. The second kappa shape index (κ2) is 9.31. The fourth-order valence-electron chi connectivity index (χ4n) is 3.91. The van der Waals surface area contributed by atoms with Crippen LogP contribution in [-0.2, 0) is 13.0 Å². The Morgan fingerprint density at radius 1 is 0.903 bits per heavy atom. The molecule has 162 valence electrons. The van der Waals surface area contributed by atoms with Crippen molar-refractivity contribution < 1.29 is 4.74 Å². The van der Waals surface area contributed by atoms with E-state index in [1.165, 1.54) is 22.4 Å². The van der Waals surface area contributed by atoms with Crippen LogP contribution in [0.3, 0.4) is 0 Å². The van der Waals surface area contributed by atoms with Crippen LogP contribution in [0.4, 0.5) is 11.6 Å². The minimum Gasteiger partial charge on any atom is -0.497 e. The lowest BCUT2D eigenvalue weighted by Crippen LogP contribution is -2.46. The van der Waals surface area contributed by atoms with Crippen molar-refractivity contribution in [3.8, 4) is 5.75 Å². The van der Waals surface area contributed by atoms with E-state index in [-0.39, 0.29) is 0 Å². The summed E-state index contributed by atoms with van der Waals surface area (Å²) in [6.07, 6.45) is 0.657. The molecule has 1 aliphatic heterocycles. The highest BCUT2D eigenvalue weighted by Crippen LogP contribution is 2.22. The average molecular weight is 419 g/mol. The molecule has 0 atom stereocenters. The van der Waals surface area contributed by atoms with E-state index in [2.05, 4.69) is 63.9 Å². The Labute approximate surface area is 183 Å². The molecule has 1 fully saturated rings. The normalized spacial score (nSPS) is 14.6. The summed E-state index contributed by atoms with van der Waals surface area (Å²) in [7, 11) is 1.70. The zero-order valence-corrected chi connectivity index (χ0v) is 18.5. The van der Waals surface area contributed by atoms with Gasteiger partial charge in [0.25, 0.3) is 0 Å². The van der Waals surface area contributed by atoms with Gasteiger partial charge in [0.2, 0.25) is 5.95 Å². The Balaban J connectivity index is 1.39. The lowest BCUT2D eigenvalue weighted by Gasteiger charge is -2.35. The highest BCUT2D eigenvalue weighted by atomic mass is 16.5. The molecular formula is C24H30N6O. The summed E-state index contributed by atoms with van der Waals surface area (Å²) in [5, 5.41) is 0. The molecule has 2 aromatic carbocycles. The van der Waals surface area contributed by atoms with E-state index >= 15 is 0 Å². The molecule has 0 saturated carbocycles. The summed E-state index contributed by atoms with van der Waals surface area (Å²) in [5.74, 6) is 2.64. The van der Waals surface area contributed by atoms with Crippen molar-refractivity contribution in [1.29, 1.82) is 0 Å². The maximum atomic E-state index is 6.00. The van der Waals surface area contributed by atoms with E-state index in [4.69, 9.17) is 15.5 Å². The zero-order valence-electron chi connectivity index (χ0n) is 18.5. The number of aryl methyl sites for hydroxylation is 2. The summed E-state index contributed by atoms with van der Waals surface area (Å²) < 4.78 is 5.35. The van der Waals surface area contributed by atoms with E-state index in [0.717, 1.165) is 43.6 Å². The van der Waals surface area contributed by atoms with Crippen molar-refractivity contribution in [3.05, 3.63) is 70.8 Å². The van der Waals surface area contributed by atoms with E-state index in [1.54, 1.807) is 7.11 Å². The number of piperazine rings is 1. The molecule has 0 radical (unpaired) electrons. The minimum absolute atomic E-state index is 0.291. The van der Waals surface area contributed by atoms with Crippen LogP contribution in [0.15, 0.2) is 42.5 Å². The molecule has 1 aliphatic rings. The number of nitrogens with two attached hydrogens (primary N) is 1. The standard InChI is InChI=1S/C24H30N6O/c1-17-7-8-19(13-18(17)2)14-22-26-23(28-24(25)27-22)16-29-9-11-30(12-10-29)20-5-4-6-21(15-20)31-3/h4-8,13,15H,9-12,14,16H2,1-3H3,(H2,25,26,27,28). The van der Waals surface area contributed by atoms with Crippen molar-refractivity contribution in [2.75, 3.05) is 43.9 Å². The van der Waals surface area contributed by atoms with Crippen molar-refractivity contribution in [2.45, 2.75) is 26.8 Å². The van der Waals surface area contributed by atoms with Crippen LogP contribution in [0.5, 0.6) is 5.75 Å². The first kappa shape index (κ1) is 21.1. The van der Waals surface area contributed by atoms with Gasteiger partial charge in [0.15, 0.2) is 0 Å². The second-order valence-corrected chi connectivity index (χ2v) is 8.09. The SMILES string of the molecule is COc1cccc(N2CCN(Cc3nc(N)nc(Cc4ccc(C)c(C)c4)n3)CC2)c1. The summed E-state index contributed by atoms with van der Waals surface area (Å²) >= 11 is 0. The van der Waals surface area contributed by atoms with Gasteiger partial charge in [-0.05, 0) is 42.7 Å². The molecule has 2 heterocycles. The number of hydrogen-bond donors (Lipinski definition) is 1. The molecule has 31 heavy (non-hydrogen) atoms. The van der Waals surface area contributed by atoms with Gasteiger partial charge in [-0.15, -0.1) is 0 Å². The van der Waals surface area contributed by atoms with Crippen molar-refractivity contribution in [3.63, 3.8) is 0 Å². The Morgan fingerprint density at radius 2 is 1.68 bits per heavy atom. The highest BCUT2D eigenvalue weighted by molar-refractivity contribution is 5.51. The van der Waals surface area contributed by atoms with Crippen LogP contribution in [0, 0.1) is 13.8 Å². The first-order valence-electron chi connectivity index (χ1n) is 10.7. The maximum absolute atomic E-state index is 6.00. The Bertz CT molecular complexity index is 1050. The molecule has 0 bridgehead atoms. The summed E-state index contributed by atoms with van der Waals surface area (Å²) in [6, 6.07) is 14.7. The summed E-state index contributed by atoms with van der Waals surface area (Å²) in [5.41, 5.74) is 10.9. The average Bonchev–Trinajstić information content (AvgIpc) is 2.76. The van der Waals surface area contributed by atoms with Crippen LogP contribution in [0.25, 0.3) is 0 Å². The third-order valence-electron chi connectivity index (χ3n) is 5.83. The number of aromatic nitrogens is 3. The molecule has 0 aliphatic carbocycles. The smallest absolute Gasteiger partial charge is 0.223 e. The van der Waals surface area contributed by atoms with Gasteiger partial charge in [-0.25, -0.2) is 4.98 Å². The summed E-state index contributed by atoms with van der Waals surface area (Å²) in [6.45, 7) is 8.69. The van der Waals surface area contributed by atoms with E-state index < -0.39 is 0 Å². The summed E-state index contributed by atoms with van der Waals surface area (Å²) in [4.78, 5) is 18.2. The van der Waals surface area contributed by atoms with Gasteiger partial charge in [-0.2, -0.15) is 9.97 Å². The number of benzene rings is 2. The van der Waals surface area contributed by atoms with Gasteiger partial charge in [0.05, 0.1) is 13.7 Å². The van der Waals surface area contributed by atoms with Crippen LogP contribution in [0.2, 0.25) is 0 Å². The fraction of sp³-hybridized carbons (Fsp3) is 0.375. The van der Waals surface area contributed by atoms with Gasteiger partial charge < -0.3 is 15.4 Å². The number of anilines is 2. The number of nitrogen functional groups attached to an aromatic ring is 1. The number of ether oxygens (including phenoxy) is 1. The molecule has 7 nitrogen and oxygen atoms in total. The van der Waals surface area contributed by atoms with Crippen molar-refractivity contribution in [2.24, 2.45) is 0 Å². The van der Waals surface area contributed by atoms with Crippen LogP contribution in [0.1, 0.15) is 28.3 Å². The number of nitrogens with zero attached hydrogens (tertiary/aromatic N) is 5. The molecule has 4 rings (SSSR count). The van der Waals surface area contributed by atoms with Gasteiger partial charge in [-0.3, -0.25) is 4.90 Å². The molecule has 1 saturated heterocycles. The fourth-order valence-corrected chi connectivity index (χ4v) is 3.91. The van der Waals surface area contributed by atoms with Gasteiger partial charge in [0.1, 0.15) is 17.4 Å². The third kappa shape index (κ3) is 5.30.